The highest BCUT2D eigenvalue weighted by Crippen LogP contribution is 2.27. The van der Waals surface area contributed by atoms with Gasteiger partial charge >= 0.3 is 5.97 Å². The number of hydrogen-bond donors (Lipinski definition) is 0. The Morgan fingerprint density at radius 3 is 2.84 bits per heavy atom. The van der Waals surface area contributed by atoms with Crippen LogP contribution in [0.5, 0.6) is 0 Å². The minimum atomic E-state index is -0.714. The van der Waals surface area contributed by atoms with E-state index >= 15 is 0 Å². The molecule has 0 spiro atoms. The van der Waals surface area contributed by atoms with E-state index in [1.807, 2.05) is 12.1 Å². The average molecular weight is 328 g/mol. The minimum Gasteiger partial charge on any atom is -0.467 e. The number of nitrogens with zero attached hydrogens (tertiary/aromatic N) is 1. The van der Waals surface area contributed by atoms with Crippen LogP contribution in [0.25, 0.3) is 0 Å². The molecular formula is C13H14BrNO4. The first-order chi connectivity index (χ1) is 9.08. The smallest absolute Gasteiger partial charge is 0.331 e. The molecule has 0 aliphatic carbocycles. The molecule has 6 heteroatoms. The maximum Gasteiger partial charge on any atom is 0.331 e. The van der Waals surface area contributed by atoms with E-state index in [-0.39, 0.29) is 12.5 Å². The highest BCUT2D eigenvalue weighted by molar-refractivity contribution is 9.10. The van der Waals surface area contributed by atoms with Gasteiger partial charge < -0.3 is 14.4 Å². The molecule has 1 aromatic rings. The standard InChI is InChI=1S/C13H14BrNO4/c1-18-7-11(13(17)19-2)15-6-8-5-9(14)3-4-10(8)12(15)16/h3-5,11H,6-7H2,1-2H3. The van der Waals surface area contributed by atoms with E-state index in [1.54, 1.807) is 6.07 Å². The number of amides is 1. The second kappa shape index (κ2) is 5.71. The van der Waals surface area contributed by atoms with E-state index in [0.29, 0.717) is 12.1 Å². The highest BCUT2D eigenvalue weighted by Gasteiger charge is 2.36. The number of benzene rings is 1. The maximum atomic E-state index is 12.3. The fourth-order valence-electron chi connectivity index (χ4n) is 2.14. The van der Waals surface area contributed by atoms with Crippen molar-refractivity contribution in [2.24, 2.45) is 0 Å². The number of carbonyl (C=O) groups is 2. The molecule has 1 unspecified atom stereocenters. The first-order valence-electron chi connectivity index (χ1n) is 5.74. The molecule has 1 amide bonds. The van der Waals surface area contributed by atoms with Crippen molar-refractivity contribution in [1.29, 1.82) is 0 Å². The quantitative estimate of drug-likeness (QED) is 0.788. The highest BCUT2D eigenvalue weighted by atomic mass is 79.9. The predicted octanol–water partition coefficient (Wildman–Crippen LogP) is 1.59. The van der Waals surface area contributed by atoms with Gasteiger partial charge in [0.05, 0.1) is 13.7 Å². The summed E-state index contributed by atoms with van der Waals surface area (Å²) in [6.07, 6.45) is 0. The molecule has 0 radical (unpaired) electrons. The van der Waals surface area contributed by atoms with Crippen LogP contribution >= 0.6 is 15.9 Å². The van der Waals surface area contributed by atoms with Crippen LogP contribution < -0.4 is 0 Å². The van der Waals surface area contributed by atoms with Gasteiger partial charge in [0.15, 0.2) is 6.04 Å². The molecule has 1 aromatic carbocycles. The lowest BCUT2D eigenvalue weighted by Gasteiger charge is -2.24. The van der Waals surface area contributed by atoms with Crippen LogP contribution in [0.3, 0.4) is 0 Å². The van der Waals surface area contributed by atoms with E-state index in [0.717, 1.165) is 10.0 Å². The molecule has 5 nitrogen and oxygen atoms in total. The lowest BCUT2D eigenvalue weighted by molar-refractivity contribution is -0.148. The van der Waals surface area contributed by atoms with Crippen molar-refractivity contribution in [3.8, 4) is 0 Å². The van der Waals surface area contributed by atoms with E-state index in [9.17, 15) is 9.59 Å². The zero-order chi connectivity index (χ0) is 14.0. The van der Waals surface area contributed by atoms with E-state index in [1.165, 1.54) is 19.1 Å². The molecule has 0 bridgehead atoms. The second-order valence-electron chi connectivity index (χ2n) is 4.23. The maximum absolute atomic E-state index is 12.3. The molecule has 1 atom stereocenters. The van der Waals surface area contributed by atoms with Gasteiger partial charge in [0.25, 0.3) is 5.91 Å². The topological polar surface area (TPSA) is 55.8 Å². The fourth-order valence-corrected chi connectivity index (χ4v) is 2.55. The van der Waals surface area contributed by atoms with Crippen LogP contribution in [0.1, 0.15) is 15.9 Å². The van der Waals surface area contributed by atoms with Crippen LogP contribution in [0, 0.1) is 0 Å². The van der Waals surface area contributed by atoms with Gasteiger partial charge in [0.1, 0.15) is 0 Å². The Balaban J connectivity index is 2.28. The third-order valence-corrected chi connectivity index (χ3v) is 3.57. The van der Waals surface area contributed by atoms with Crippen molar-refractivity contribution >= 4 is 27.8 Å². The number of fused-ring (bicyclic) bond motifs is 1. The molecule has 0 saturated heterocycles. The summed E-state index contributed by atoms with van der Waals surface area (Å²) >= 11 is 3.37. The van der Waals surface area contributed by atoms with Crippen molar-refractivity contribution in [3.63, 3.8) is 0 Å². The summed E-state index contributed by atoms with van der Waals surface area (Å²) in [6.45, 7) is 0.504. The number of halogens is 1. The van der Waals surface area contributed by atoms with Gasteiger partial charge in [0, 0.05) is 23.7 Å². The van der Waals surface area contributed by atoms with Gasteiger partial charge in [-0.05, 0) is 23.8 Å². The third kappa shape index (κ3) is 2.64. The summed E-state index contributed by atoms with van der Waals surface area (Å²) in [5.41, 5.74) is 1.51. The van der Waals surface area contributed by atoms with Gasteiger partial charge in [0.2, 0.25) is 0 Å². The molecule has 0 N–H and O–H groups in total. The Morgan fingerprint density at radius 1 is 1.47 bits per heavy atom. The summed E-state index contributed by atoms with van der Waals surface area (Å²) in [7, 11) is 2.79. The number of carbonyl (C=O) groups excluding carboxylic acids is 2. The van der Waals surface area contributed by atoms with Crippen LogP contribution in [-0.4, -0.2) is 43.6 Å². The van der Waals surface area contributed by atoms with Gasteiger partial charge in [-0.25, -0.2) is 4.79 Å². The number of ether oxygens (including phenoxy) is 2. The van der Waals surface area contributed by atoms with Gasteiger partial charge in [-0.3, -0.25) is 4.79 Å². The van der Waals surface area contributed by atoms with Gasteiger partial charge in [-0.15, -0.1) is 0 Å². The summed E-state index contributed by atoms with van der Waals surface area (Å²) in [6, 6.07) is 4.73. The second-order valence-corrected chi connectivity index (χ2v) is 5.14. The number of esters is 1. The zero-order valence-corrected chi connectivity index (χ0v) is 12.3. The molecule has 0 saturated carbocycles. The van der Waals surface area contributed by atoms with Crippen molar-refractivity contribution in [1.82, 2.24) is 4.90 Å². The fraction of sp³-hybridized carbons (Fsp3) is 0.385. The molecule has 2 rings (SSSR count). The van der Waals surface area contributed by atoms with E-state index in [4.69, 9.17) is 9.47 Å². The summed E-state index contributed by atoms with van der Waals surface area (Å²) in [5, 5.41) is 0. The van der Waals surface area contributed by atoms with E-state index in [2.05, 4.69) is 15.9 Å². The minimum absolute atomic E-state index is 0.119. The van der Waals surface area contributed by atoms with Crippen LogP contribution in [0.15, 0.2) is 22.7 Å². The van der Waals surface area contributed by atoms with Crippen LogP contribution in [-0.2, 0) is 20.8 Å². The van der Waals surface area contributed by atoms with Gasteiger partial charge in [-0.1, -0.05) is 15.9 Å². The molecule has 1 heterocycles. The molecule has 0 aromatic heterocycles. The molecule has 1 aliphatic rings. The Kier molecular flexibility index (Phi) is 4.21. The van der Waals surface area contributed by atoms with Gasteiger partial charge in [-0.2, -0.15) is 0 Å². The number of hydrogen-bond acceptors (Lipinski definition) is 4. The monoisotopic (exact) mass is 327 g/mol. The SMILES string of the molecule is COCC(C(=O)OC)N1Cc2cc(Br)ccc2C1=O. The van der Waals surface area contributed by atoms with Crippen molar-refractivity contribution in [3.05, 3.63) is 33.8 Å². The Hall–Kier alpha value is -1.40. The van der Waals surface area contributed by atoms with Crippen molar-refractivity contribution in [2.45, 2.75) is 12.6 Å². The Morgan fingerprint density at radius 2 is 2.21 bits per heavy atom. The van der Waals surface area contributed by atoms with E-state index < -0.39 is 12.0 Å². The molecular weight excluding hydrogens is 314 g/mol. The molecule has 19 heavy (non-hydrogen) atoms. The first-order valence-corrected chi connectivity index (χ1v) is 6.54. The lowest BCUT2D eigenvalue weighted by atomic mass is 10.1. The number of methoxy groups -OCH3 is 2. The normalized spacial score (nSPS) is 15.3. The Labute approximate surface area is 119 Å². The Bertz CT molecular complexity index is 517. The summed E-state index contributed by atoms with van der Waals surface area (Å²) < 4.78 is 10.6. The largest absolute Gasteiger partial charge is 0.467 e. The summed E-state index contributed by atoms with van der Waals surface area (Å²) in [5.74, 6) is -0.642. The lowest BCUT2D eigenvalue weighted by Crippen LogP contribution is -2.45. The van der Waals surface area contributed by atoms with Crippen molar-refractivity contribution in [2.75, 3.05) is 20.8 Å². The zero-order valence-electron chi connectivity index (χ0n) is 10.7. The molecule has 0 fully saturated rings. The van der Waals surface area contributed by atoms with Crippen LogP contribution in [0.4, 0.5) is 0 Å². The average Bonchev–Trinajstić information content (AvgIpc) is 2.71. The first kappa shape index (κ1) is 14.0. The third-order valence-electron chi connectivity index (χ3n) is 3.07. The van der Waals surface area contributed by atoms with Crippen molar-refractivity contribution < 1.29 is 19.1 Å². The molecule has 1 aliphatic heterocycles. The molecule has 102 valence electrons. The van der Waals surface area contributed by atoms with Crippen LogP contribution in [0.2, 0.25) is 0 Å². The predicted molar refractivity (Wildman–Crippen MR) is 71.7 cm³/mol. The summed E-state index contributed by atoms with van der Waals surface area (Å²) in [4.78, 5) is 25.5. The number of rotatable bonds is 4.